The Hall–Kier alpha value is -1.00. The molecule has 0 saturated carbocycles. The number of aryl methyl sites for hydroxylation is 2. The Morgan fingerprint density at radius 2 is 2.06 bits per heavy atom. The molecule has 0 atom stereocenters. The lowest BCUT2D eigenvalue weighted by atomic mass is 10.2. The number of nitrogens with zero attached hydrogens (tertiary/aromatic N) is 2. The number of rotatable bonds is 6. The molecule has 0 aliphatic heterocycles. The standard InChI is InChI=1S/C13H15ClN2OS/c1-10-4-6-11(7-5-10)18-9-12-15-13(17-16-12)3-2-8-14/h4-7H,2-3,8-9H2,1H3. The molecule has 3 nitrogen and oxygen atoms in total. The van der Waals surface area contributed by atoms with E-state index in [2.05, 4.69) is 41.3 Å². The first-order valence-corrected chi connectivity index (χ1v) is 7.37. The molecule has 0 spiro atoms. The molecule has 18 heavy (non-hydrogen) atoms. The molecule has 1 heterocycles. The van der Waals surface area contributed by atoms with E-state index >= 15 is 0 Å². The second kappa shape index (κ2) is 6.81. The van der Waals surface area contributed by atoms with Crippen LogP contribution in [0.4, 0.5) is 0 Å². The fraction of sp³-hybridized carbons (Fsp3) is 0.385. The maximum absolute atomic E-state index is 5.62. The van der Waals surface area contributed by atoms with Crippen LogP contribution in [0.15, 0.2) is 33.7 Å². The summed E-state index contributed by atoms with van der Waals surface area (Å²) < 4.78 is 5.14. The van der Waals surface area contributed by atoms with Crippen molar-refractivity contribution in [1.82, 2.24) is 10.1 Å². The molecule has 0 unspecified atom stereocenters. The van der Waals surface area contributed by atoms with Gasteiger partial charge in [0.15, 0.2) is 5.82 Å². The Morgan fingerprint density at radius 1 is 1.28 bits per heavy atom. The predicted molar refractivity (Wildman–Crippen MR) is 74.1 cm³/mol. The highest BCUT2D eigenvalue weighted by Crippen LogP contribution is 2.21. The molecule has 0 aliphatic carbocycles. The third kappa shape index (κ3) is 4.03. The molecule has 0 N–H and O–H groups in total. The summed E-state index contributed by atoms with van der Waals surface area (Å²) >= 11 is 7.33. The van der Waals surface area contributed by atoms with Crippen LogP contribution in [0.2, 0.25) is 0 Å². The van der Waals surface area contributed by atoms with Gasteiger partial charge in [0.2, 0.25) is 5.89 Å². The molecule has 96 valence electrons. The highest BCUT2D eigenvalue weighted by atomic mass is 35.5. The summed E-state index contributed by atoms with van der Waals surface area (Å²) in [6.45, 7) is 2.08. The van der Waals surface area contributed by atoms with E-state index in [4.69, 9.17) is 16.1 Å². The van der Waals surface area contributed by atoms with Crippen LogP contribution < -0.4 is 0 Å². The Labute approximate surface area is 116 Å². The average Bonchev–Trinajstić information content (AvgIpc) is 2.84. The third-order valence-electron chi connectivity index (χ3n) is 2.42. The topological polar surface area (TPSA) is 38.9 Å². The second-order valence-electron chi connectivity index (χ2n) is 4.00. The van der Waals surface area contributed by atoms with Gasteiger partial charge in [-0.1, -0.05) is 22.9 Å². The molecule has 1 aromatic heterocycles. The van der Waals surface area contributed by atoms with E-state index in [1.54, 1.807) is 11.8 Å². The zero-order valence-corrected chi connectivity index (χ0v) is 11.8. The fourth-order valence-corrected chi connectivity index (χ4v) is 2.33. The highest BCUT2D eigenvalue weighted by Gasteiger charge is 2.06. The monoisotopic (exact) mass is 282 g/mol. The summed E-state index contributed by atoms with van der Waals surface area (Å²) in [5.74, 6) is 2.77. The second-order valence-corrected chi connectivity index (χ2v) is 5.43. The molecule has 2 rings (SSSR count). The number of hydrogen-bond acceptors (Lipinski definition) is 4. The largest absolute Gasteiger partial charge is 0.339 e. The molecule has 0 amide bonds. The maximum Gasteiger partial charge on any atom is 0.226 e. The van der Waals surface area contributed by atoms with E-state index in [1.807, 2.05) is 0 Å². The quantitative estimate of drug-likeness (QED) is 0.596. The van der Waals surface area contributed by atoms with Gasteiger partial charge in [0, 0.05) is 17.2 Å². The predicted octanol–water partition coefficient (Wildman–Crippen LogP) is 3.84. The molecule has 2 aromatic rings. The van der Waals surface area contributed by atoms with Gasteiger partial charge in [0.1, 0.15) is 0 Å². The minimum absolute atomic E-state index is 0.621. The van der Waals surface area contributed by atoms with Crippen LogP contribution in [0.25, 0.3) is 0 Å². The summed E-state index contributed by atoms with van der Waals surface area (Å²) in [4.78, 5) is 5.54. The van der Waals surface area contributed by atoms with E-state index in [0.29, 0.717) is 11.8 Å². The van der Waals surface area contributed by atoms with Crippen molar-refractivity contribution < 1.29 is 4.52 Å². The van der Waals surface area contributed by atoms with Crippen LogP contribution in [-0.2, 0) is 12.2 Å². The van der Waals surface area contributed by atoms with Gasteiger partial charge in [-0.2, -0.15) is 4.98 Å². The first kappa shape index (κ1) is 13.4. The van der Waals surface area contributed by atoms with Gasteiger partial charge < -0.3 is 4.52 Å². The SMILES string of the molecule is Cc1ccc(SCc2noc(CCCCl)n2)cc1. The van der Waals surface area contributed by atoms with Crippen molar-refractivity contribution in [3.8, 4) is 0 Å². The zero-order valence-electron chi connectivity index (χ0n) is 10.2. The number of alkyl halides is 1. The Kier molecular flexibility index (Phi) is 5.08. The van der Waals surface area contributed by atoms with E-state index in [9.17, 15) is 0 Å². The van der Waals surface area contributed by atoms with Gasteiger partial charge in [-0.25, -0.2) is 0 Å². The molecule has 0 bridgehead atoms. The van der Waals surface area contributed by atoms with Crippen LogP contribution in [0.5, 0.6) is 0 Å². The number of halogens is 1. The van der Waals surface area contributed by atoms with E-state index in [1.165, 1.54) is 10.5 Å². The smallest absolute Gasteiger partial charge is 0.226 e. The first-order valence-electron chi connectivity index (χ1n) is 5.85. The summed E-state index contributed by atoms with van der Waals surface area (Å²) in [6.07, 6.45) is 1.62. The molecule has 0 radical (unpaired) electrons. The maximum atomic E-state index is 5.62. The Morgan fingerprint density at radius 3 is 2.78 bits per heavy atom. The van der Waals surface area contributed by atoms with Crippen LogP contribution in [-0.4, -0.2) is 16.0 Å². The van der Waals surface area contributed by atoms with Crippen molar-refractivity contribution in [2.24, 2.45) is 0 Å². The van der Waals surface area contributed by atoms with E-state index in [0.717, 1.165) is 24.4 Å². The van der Waals surface area contributed by atoms with Gasteiger partial charge in [-0.3, -0.25) is 0 Å². The van der Waals surface area contributed by atoms with Crippen LogP contribution >= 0.6 is 23.4 Å². The van der Waals surface area contributed by atoms with Gasteiger partial charge in [-0.15, -0.1) is 23.4 Å². The molecular formula is C13H15ClN2OS. The van der Waals surface area contributed by atoms with E-state index in [-0.39, 0.29) is 0 Å². The number of thioether (sulfide) groups is 1. The van der Waals surface area contributed by atoms with Crippen molar-refractivity contribution >= 4 is 23.4 Å². The molecule has 0 aliphatic rings. The van der Waals surface area contributed by atoms with Crippen molar-refractivity contribution in [2.45, 2.75) is 30.4 Å². The van der Waals surface area contributed by atoms with Crippen molar-refractivity contribution in [1.29, 1.82) is 0 Å². The number of hydrogen-bond donors (Lipinski definition) is 0. The summed E-state index contributed by atoms with van der Waals surface area (Å²) in [5, 5.41) is 3.95. The van der Waals surface area contributed by atoms with Crippen LogP contribution in [0.1, 0.15) is 23.7 Å². The van der Waals surface area contributed by atoms with Crippen molar-refractivity contribution in [2.75, 3.05) is 5.88 Å². The van der Waals surface area contributed by atoms with Gasteiger partial charge in [0.05, 0.1) is 5.75 Å². The molecule has 0 saturated heterocycles. The molecule has 1 aromatic carbocycles. The highest BCUT2D eigenvalue weighted by molar-refractivity contribution is 7.98. The Balaban J connectivity index is 1.86. The lowest BCUT2D eigenvalue weighted by molar-refractivity contribution is 0.373. The van der Waals surface area contributed by atoms with Gasteiger partial charge in [-0.05, 0) is 25.5 Å². The van der Waals surface area contributed by atoms with E-state index < -0.39 is 0 Å². The normalized spacial score (nSPS) is 10.8. The minimum Gasteiger partial charge on any atom is -0.339 e. The Bertz CT molecular complexity index is 484. The van der Waals surface area contributed by atoms with Gasteiger partial charge in [0.25, 0.3) is 0 Å². The van der Waals surface area contributed by atoms with Crippen LogP contribution in [0.3, 0.4) is 0 Å². The summed E-state index contributed by atoms with van der Waals surface area (Å²) in [5.41, 5.74) is 1.27. The lowest BCUT2D eigenvalue weighted by Crippen LogP contribution is -1.88. The van der Waals surface area contributed by atoms with Gasteiger partial charge >= 0.3 is 0 Å². The third-order valence-corrected chi connectivity index (χ3v) is 3.70. The molecule has 5 heteroatoms. The van der Waals surface area contributed by atoms with Crippen LogP contribution in [0, 0.1) is 6.92 Å². The average molecular weight is 283 g/mol. The van der Waals surface area contributed by atoms with Crippen molar-refractivity contribution in [3.05, 3.63) is 41.5 Å². The number of aromatic nitrogens is 2. The summed E-state index contributed by atoms with van der Waals surface area (Å²) in [7, 11) is 0. The molecular weight excluding hydrogens is 268 g/mol. The van der Waals surface area contributed by atoms with Crippen molar-refractivity contribution in [3.63, 3.8) is 0 Å². The molecule has 0 fully saturated rings. The first-order chi connectivity index (χ1) is 8.78. The zero-order chi connectivity index (χ0) is 12.8. The summed E-state index contributed by atoms with van der Waals surface area (Å²) in [6, 6.07) is 8.41. The fourth-order valence-electron chi connectivity index (χ4n) is 1.45. The number of benzene rings is 1. The minimum atomic E-state index is 0.621. The lowest BCUT2D eigenvalue weighted by Gasteiger charge is -1.98.